The van der Waals surface area contributed by atoms with Gasteiger partial charge in [0.15, 0.2) is 0 Å². The van der Waals surface area contributed by atoms with Gasteiger partial charge in [0.05, 0.1) is 6.26 Å². The maximum Gasteiger partial charge on any atom is 0.227 e. The van der Waals surface area contributed by atoms with E-state index in [1.165, 1.54) is 42.1 Å². The van der Waals surface area contributed by atoms with Gasteiger partial charge in [0.2, 0.25) is 15.9 Å². The second kappa shape index (κ2) is 10.5. The fourth-order valence-electron chi connectivity index (χ4n) is 4.93. The Kier molecular flexibility index (Phi) is 8.16. The van der Waals surface area contributed by atoms with E-state index in [0.717, 1.165) is 23.9 Å². The summed E-state index contributed by atoms with van der Waals surface area (Å²) >= 11 is 0. The molecule has 0 aromatic heterocycles. The van der Waals surface area contributed by atoms with Gasteiger partial charge in [0.1, 0.15) is 0 Å². The van der Waals surface area contributed by atoms with E-state index >= 15 is 0 Å². The van der Waals surface area contributed by atoms with Crippen LogP contribution in [0.5, 0.6) is 0 Å². The molecule has 1 aromatic carbocycles. The molecular formula is C24H39N3O3S. The third kappa shape index (κ3) is 6.77. The Morgan fingerprint density at radius 3 is 2.29 bits per heavy atom. The van der Waals surface area contributed by atoms with Gasteiger partial charge in [-0.15, -0.1) is 0 Å². The SMILES string of the molecule is CC1CN(C(C)C)CCC1CCc1ccc(NC(=O)C2CCN(S(C)(=O)=O)CC2)cc1. The maximum absolute atomic E-state index is 12.6. The molecule has 2 saturated heterocycles. The first-order chi connectivity index (χ1) is 14.6. The van der Waals surface area contributed by atoms with Crippen LogP contribution in [0.4, 0.5) is 5.69 Å². The zero-order valence-electron chi connectivity index (χ0n) is 19.5. The molecule has 6 nitrogen and oxygen atoms in total. The van der Waals surface area contributed by atoms with Crippen molar-refractivity contribution in [3.05, 3.63) is 29.8 Å². The first-order valence-electron chi connectivity index (χ1n) is 11.7. The molecule has 1 N–H and O–H groups in total. The third-order valence-electron chi connectivity index (χ3n) is 7.16. The average Bonchev–Trinajstić information content (AvgIpc) is 2.73. The molecule has 3 rings (SSSR count). The number of sulfonamides is 1. The number of nitrogens with one attached hydrogen (secondary N) is 1. The van der Waals surface area contributed by atoms with Crippen LogP contribution in [0.15, 0.2) is 24.3 Å². The van der Waals surface area contributed by atoms with Gasteiger partial charge in [-0.3, -0.25) is 4.79 Å². The van der Waals surface area contributed by atoms with Crippen LogP contribution in [0.3, 0.4) is 0 Å². The number of rotatable bonds is 7. The quantitative estimate of drug-likeness (QED) is 0.691. The van der Waals surface area contributed by atoms with E-state index < -0.39 is 10.0 Å². The number of likely N-dealkylation sites (tertiary alicyclic amines) is 1. The van der Waals surface area contributed by atoms with Crippen molar-refractivity contribution in [2.75, 3.05) is 37.8 Å². The van der Waals surface area contributed by atoms with Gasteiger partial charge in [-0.1, -0.05) is 19.1 Å². The minimum Gasteiger partial charge on any atom is -0.326 e. The molecule has 2 aliphatic rings. The lowest BCUT2D eigenvalue weighted by molar-refractivity contribution is -0.120. The van der Waals surface area contributed by atoms with E-state index in [9.17, 15) is 13.2 Å². The van der Waals surface area contributed by atoms with Gasteiger partial charge >= 0.3 is 0 Å². The lowest BCUT2D eigenvalue weighted by Crippen LogP contribution is -2.43. The molecule has 2 atom stereocenters. The van der Waals surface area contributed by atoms with E-state index in [0.29, 0.717) is 32.0 Å². The molecule has 2 heterocycles. The summed E-state index contributed by atoms with van der Waals surface area (Å²) in [7, 11) is -3.16. The second-order valence-electron chi connectivity index (χ2n) is 9.78. The molecule has 1 amide bonds. The topological polar surface area (TPSA) is 69.7 Å². The van der Waals surface area contributed by atoms with Crippen LogP contribution in [0.1, 0.15) is 52.0 Å². The zero-order chi connectivity index (χ0) is 22.6. The van der Waals surface area contributed by atoms with Crippen LogP contribution in [0.2, 0.25) is 0 Å². The van der Waals surface area contributed by atoms with Crippen molar-refractivity contribution in [2.45, 2.75) is 58.9 Å². The van der Waals surface area contributed by atoms with Crippen molar-refractivity contribution in [2.24, 2.45) is 17.8 Å². The number of piperidine rings is 2. The molecule has 0 bridgehead atoms. The van der Waals surface area contributed by atoms with Crippen LogP contribution >= 0.6 is 0 Å². The van der Waals surface area contributed by atoms with Crippen molar-refractivity contribution in [1.82, 2.24) is 9.21 Å². The summed E-state index contributed by atoms with van der Waals surface area (Å²) < 4.78 is 24.7. The summed E-state index contributed by atoms with van der Waals surface area (Å²) in [4.78, 5) is 15.2. The zero-order valence-corrected chi connectivity index (χ0v) is 20.3. The predicted molar refractivity (Wildman–Crippen MR) is 127 cm³/mol. The van der Waals surface area contributed by atoms with Crippen LogP contribution in [-0.2, 0) is 21.2 Å². The van der Waals surface area contributed by atoms with E-state index in [1.807, 2.05) is 12.1 Å². The Labute approximate surface area is 188 Å². The molecule has 0 radical (unpaired) electrons. The Morgan fingerprint density at radius 1 is 1.10 bits per heavy atom. The standard InChI is InChI=1S/C24H39N3O3S/c1-18(2)26-14-11-21(19(3)17-26)8-5-20-6-9-23(10-7-20)25-24(28)22-12-15-27(16-13-22)31(4,29)30/h6-7,9-10,18-19,21-22H,5,8,11-17H2,1-4H3,(H,25,28). The molecule has 2 unspecified atom stereocenters. The number of hydrogen-bond acceptors (Lipinski definition) is 4. The number of carbonyl (C=O) groups is 1. The Morgan fingerprint density at radius 2 is 1.74 bits per heavy atom. The molecule has 174 valence electrons. The molecule has 0 aliphatic carbocycles. The highest BCUT2D eigenvalue weighted by molar-refractivity contribution is 7.88. The van der Waals surface area contributed by atoms with Gasteiger partial charge in [0, 0.05) is 37.3 Å². The molecule has 0 saturated carbocycles. The second-order valence-corrected chi connectivity index (χ2v) is 11.8. The van der Waals surface area contributed by atoms with Gasteiger partial charge in [0.25, 0.3) is 0 Å². The maximum atomic E-state index is 12.6. The lowest BCUT2D eigenvalue weighted by Gasteiger charge is -2.39. The fraction of sp³-hybridized carbons (Fsp3) is 0.708. The van der Waals surface area contributed by atoms with Gasteiger partial charge in [-0.25, -0.2) is 12.7 Å². The van der Waals surface area contributed by atoms with Gasteiger partial charge in [-0.05, 0) is 82.0 Å². The first-order valence-corrected chi connectivity index (χ1v) is 13.6. The Bertz CT molecular complexity index is 830. The minimum absolute atomic E-state index is 0.00774. The number of benzene rings is 1. The van der Waals surface area contributed by atoms with Crippen molar-refractivity contribution in [3.8, 4) is 0 Å². The van der Waals surface area contributed by atoms with E-state index in [1.54, 1.807) is 0 Å². The first kappa shape index (κ1) is 24.2. The summed E-state index contributed by atoms with van der Waals surface area (Å²) in [5, 5.41) is 3.01. The number of nitrogens with zero attached hydrogens (tertiary/aromatic N) is 2. The summed E-state index contributed by atoms with van der Waals surface area (Å²) in [5.74, 6) is 1.39. The highest BCUT2D eigenvalue weighted by Gasteiger charge is 2.29. The number of anilines is 1. The van der Waals surface area contributed by atoms with E-state index in [4.69, 9.17) is 0 Å². The van der Waals surface area contributed by atoms with Crippen molar-refractivity contribution < 1.29 is 13.2 Å². The van der Waals surface area contributed by atoms with Crippen molar-refractivity contribution in [1.29, 1.82) is 0 Å². The summed E-state index contributed by atoms with van der Waals surface area (Å²) in [6.45, 7) is 10.2. The molecular weight excluding hydrogens is 410 g/mol. The number of hydrogen-bond donors (Lipinski definition) is 1. The number of carbonyl (C=O) groups excluding carboxylic acids is 1. The molecule has 7 heteroatoms. The van der Waals surface area contributed by atoms with Crippen LogP contribution in [-0.4, -0.2) is 62.0 Å². The third-order valence-corrected chi connectivity index (χ3v) is 8.47. The smallest absolute Gasteiger partial charge is 0.227 e. The van der Waals surface area contributed by atoms with Gasteiger partial charge < -0.3 is 10.2 Å². The highest BCUT2D eigenvalue weighted by Crippen LogP contribution is 2.29. The average molecular weight is 450 g/mol. The van der Waals surface area contributed by atoms with E-state index in [-0.39, 0.29) is 11.8 Å². The van der Waals surface area contributed by atoms with Crippen LogP contribution in [0.25, 0.3) is 0 Å². The summed E-state index contributed by atoms with van der Waals surface area (Å²) in [6, 6.07) is 8.86. The Hall–Kier alpha value is -1.44. The van der Waals surface area contributed by atoms with Crippen molar-refractivity contribution >= 4 is 21.6 Å². The van der Waals surface area contributed by atoms with E-state index in [2.05, 4.69) is 43.1 Å². The molecule has 1 aromatic rings. The largest absolute Gasteiger partial charge is 0.326 e. The summed E-state index contributed by atoms with van der Waals surface area (Å²) in [5.41, 5.74) is 2.14. The summed E-state index contributed by atoms with van der Waals surface area (Å²) in [6.07, 6.45) is 5.96. The van der Waals surface area contributed by atoms with Crippen LogP contribution < -0.4 is 5.32 Å². The highest BCUT2D eigenvalue weighted by atomic mass is 32.2. The monoisotopic (exact) mass is 449 g/mol. The van der Waals surface area contributed by atoms with Crippen molar-refractivity contribution in [3.63, 3.8) is 0 Å². The molecule has 0 spiro atoms. The Balaban J connectivity index is 1.44. The normalized spacial score (nSPS) is 24.4. The lowest BCUT2D eigenvalue weighted by atomic mass is 9.82. The number of aryl methyl sites for hydroxylation is 1. The molecule has 2 fully saturated rings. The minimum atomic E-state index is -3.16. The molecule has 31 heavy (non-hydrogen) atoms. The predicted octanol–water partition coefficient (Wildman–Crippen LogP) is 3.60. The molecule has 2 aliphatic heterocycles. The van der Waals surface area contributed by atoms with Gasteiger partial charge in [-0.2, -0.15) is 0 Å². The number of amides is 1. The fourth-order valence-corrected chi connectivity index (χ4v) is 5.80. The van der Waals surface area contributed by atoms with Crippen LogP contribution in [0, 0.1) is 17.8 Å².